The summed E-state index contributed by atoms with van der Waals surface area (Å²) < 4.78 is 6.85. The van der Waals surface area contributed by atoms with Crippen LogP contribution in [0.4, 0.5) is 5.69 Å². The summed E-state index contributed by atoms with van der Waals surface area (Å²) in [5, 5.41) is 4.11. The van der Waals surface area contributed by atoms with Crippen molar-refractivity contribution in [1.82, 2.24) is 9.78 Å². The number of aryl methyl sites for hydroxylation is 1. The molecule has 4 nitrogen and oxygen atoms in total. The number of hydrogen-bond donors (Lipinski definition) is 1. The molecule has 0 fully saturated rings. The van der Waals surface area contributed by atoms with Crippen LogP contribution in [0.2, 0.25) is 0 Å². The summed E-state index contributed by atoms with van der Waals surface area (Å²) in [7, 11) is 3.49. The van der Waals surface area contributed by atoms with E-state index in [0.29, 0.717) is 11.4 Å². The second-order valence-electron chi connectivity index (χ2n) is 3.36. The van der Waals surface area contributed by atoms with Crippen LogP contribution in [0.5, 0.6) is 5.75 Å². The van der Waals surface area contributed by atoms with Crippen LogP contribution < -0.4 is 10.5 Å². The zero-order valence-corrected chi connectivity index (χ0v) is 8.77. The van der Waals surface area contributed by atoms with Gasteiger partial charge in [-0.25, -0.2) is 0 Å². The van der Waals surface area contributed by atoms with Gasteiger partial charge in [0, 0.05) is 18.8 Å². The van der Waals surface area contributed by atoms with Crippen molar-refractivity contribution in [2.75, 3.05) is 12.8 Å². The maximum absolute atomic E-state index is 5.82. The summed E-state index contributed by atoms with van der Waals surface area (Å²) in [6.07, 6.45) is 3.75. The second-order valence-corrected chi connectivity index (χ2v) is 3.36. The molecule has 0 unspecified atom stereocenters. The smallest absolute Gasteiger partial charge is 0.141 e. The van der Waals surface area contributed by atoms with Crippen molar-refractivity contribution in [2.45, 2.75) is 0 Å². The Hall–Kier alpha value is -1.97. The summed E-state index contributed by atoms with van der Waals surface area (Å²) in [5.41, 5.74) is 8.55. The fourth-order valence-corrected chi connectivity index (χ4v) is 1.48. The van der Waals surface area contributed by atoms with Gasteiger partial charge in [-0.3, -0.25) is 4.68 Å². The molecule has 0 saturated heterocycles. The Kier molecular flexibility index (Phi) is 2.33. The van der Waals surface area contributed by atoms with Gasteiger partial charge in [0.15, 0.2) is 0 Å². The summed E-state index contributed by atoms with van der Waals surface area (Å²) in [5.74, 6) is 0.697. The summed E-state index contributed by atoms with van der Waals surface area (Å²) >= 11 is 0. The van der Waals surface area contributed by atoms with Crippen LogP contribution in [0.3, 0.4) is 0 Å². The maximum Gasteiger partial charge on any atom is 0.141 e. The van der Waals surface area contributed by atoms with E-state index in [1.54, 1.807) is 18.0 Å². The molecule has 78 valence electrons. The highest BCUT2D eigenvalue weighted by atomic mass is 16.5. The van der Waals surface area contributed by atoms with Gasteiger partial charge in [-0.15, -0.1) is 0 Å². The molecule has 2 rings (SSSR count). The first kappa shape index (κ1) is 9.58. The van der Waals surface area contributed by atoms with E-state index >= 15 is 0 Å². The minimum atomic E-state index is 0.638. The number of nitrogens with zero attached hydrogens (tertiary/aromatic N) is 2. The first-order valence-corrected chi connectivity index (χ1v) is 4.63. The molecule has 2 aromatic rings. The minimum Gasteiger partial charge on any atom is -0.495 e. The number of nitrogen functional groups attached to an aromatic ring is 1. The van der Waals surface area contributed by atoms with Gasteiger partial charge in [-0.2, -0.15) is 5.10 Å². The lowest BCUT2D eigenvalue weighted by molar-refractivity contribution is 0.417. The normalized spacial score (nSPS) is 10.3. The van der Waals surface area contributed by atoms with Gasteiger partial charge in [0.05, 0.1) is 19.0 Å². The zero-order chi connectivity index (χ0) is 10.8. The topological polar surface area (TPSA) is 53.1 Å². The molecule has 0 radical (unpaired) electrons. The molecule has 2 N–H and O–H groups in total. The largest absolute Gasteiger partial charge is 0.495 e. The molecule has 0 aliphatic heterocycles. The lowest BCUT2D eigenvalue weighted by Crippen LogP contribution is -1.92. The molecule has 1 heterocycles. The first-order valence-electron chi connectivity index (χ1n) is 4.63. The lowest BCUT2D eigenvalue weighted by atomic mass is 10.1. The highest BCUT2D eigenvalue weighted by Crippen LogP contribution is 2.27. The third-order valence-electron chi connectivity index (χ3n) is 2.27. The number of nitrogens with two attached hydrogens (primary N) is 1. The Morgan fingerprint density at radius 3 is 2.67 bits per heavy atom. The monoisotopic (exact) mass is 203 g/mol. The van der Waals surface area contributed by atoms with E-state index < -0.39 is 0 Å². The van der Waals surface area contributed by atoms with Gasteiger partial charge in [0.25, 0.3) is 0 Å². The maximum atomic E-state index is 5.82. The quantitative estimate of drug-likeness (QED) is 0.755. The molecule has 0 atom stereocenters. The van der Waals surface area contributed by atoms with Crippen molar-refractivity contribution in [1.29, 1.82) is 0 Å². The standard InChI is InChI=1S/C11H13N3O/c1-14-7-9(6-13-14)8-3-4-11(15-2)10(12)5-8/h3-7H,12H2,1-2H3. The Bertz CT molecular complexity index is 476. The Labute approximate surface area is 88.3 Å². The van der Waals surface area contributed by atoms with Crippen molar-refractivity contribution in [2.24, 2.45) is 7.05 Å². The van der Waals surface area contributed by atoms with Crippen molar-refractivity contribution in [3.63, 3.8) is 0 Å². The predicted octanol–water partition coefficient (Wildman–Crippen LogP) is 1.68. The van der Waals surface area contributed by atoms with Crippen LogP contribution >= 0.6 is 0 Å². The van der Waals surface area contributed by atoms with Gasteiger partial charge in [0.1, 0.15) is 5.75 Å². The number of benzene rings is 1. The van der Waals surface area contributed by atoms with Crippen LogP contribution in [0.25, 0.3) is 11.1 Å². The Balaban J connectivity index is 2.42. The summed E-state index contributed by atoms with van der Waals surface area (Å²) in [6, 6.07) is 5.71. The van der Waals surface area contributed by atoms with Crippen molar-refractivity contribution >= 4 is 5.69 Å². The number of aromatic nitrogens is 2. The molecule has 0 saturated carbocycles. The third-order valence-corrected chi connectivity index (χ3v) is 2.27. The first-order chi connectivity index (χ1) is 7.20. The second kappa shape index (κ2) is 3.65. The Morgan fingerprint density at radius 1 is 1.33 bits per heavy atom. The van der Waals surface area contributed by atoms with Crippen LogP contribution in [0.15, 0.2) is 30.6 Å². The molecular formula is C11H13N3O. The van der Waals surface area contributed by atoms with E-state index in [-0.39, 0.29) is 0 Å². The molecule has 0 aliphatic rings. The molecule has 0 aliphatic carbocycles. The predicted molar refractivity (Wildman–Crippen MR) is 59.6 cm³/mol. The van der Waals surface area contributed by atoms with Gasteiger partial charge in [-0.05, 0) is 17.7 Å². The number of hydrogen-bond acceptors (Lipinski definition) is 3. The summed E-state index contributed by atoms with van der Waals surface area (Å²) in [6.45, 7) is 0. The van der Waals surface area contributed by atoms with Gasteiger partial charge >= 0.3 is 0 Å². The average molecular weight is 203 g/mol. The Morgan fingerprint density at radius 2 is 2.13 bits per heavy atom. The highest BCUT2D eigenvalue weighted by Gasteiger charge is 2.04. The summed E-state index contributed by atoms with van der Waals surface area (Å²) in [4.78, 5) is 0. The van der Waals surface area contributed by atoms with E-state index in [1.165, 1.54) is 0 Å². The fourth-order valence-electron chi connectivity index (χ4n) is 1.48. The van der Waals surface area contributed by atoms with Crippen LogP contribution in [0, 0.1) is 0 Å². The van der Waals surface area contributed by atoms with Gasteiger partial charge in [-0.1, -0.05) is 6.07 Å². The number of rotatable bonds is 2. The minimum absolute atomic E-state index is 0.638. The number of ether oxygens (including phenoxy) is 1. The van der Waals surface area contributed by atoms with Crippen molar-refractivity contribution in [3.8, 4) is 16.9 Å². The molecule has 0 amide bonds. The van der Waals surface area contributed by atoms with Gasteiger partial charge < -0.3 is 10.5 Å². The van der Waals surface area contributed by atoms with E-state index in [1.807, 2.05) is 31.4 Å². The molecule has 1 aromatic carbocycles. The van der Waals surface area contributed by atoms with E-state index in [4.69, 9.17) is 10.5 Å². The van der Waals surface area contributed by atoms with Crippen molar-refractivity contribution < 1.29 is 4.74 Å². The van der Waals surface area contributed by atoms with Crippen LogP contribution in [-0.4, -0.2) is 16.9 Å². The van der Waals surface area contributed by atoms with E-state index in [0.717, 1.165) is 11.1 Å². The van der Waals surface area contributed by atoms with Crippen LogP contribution in [0.1, 0.15) is 0 Å². The van der Waals surface area contributed by atoms with Crippen LogP contribution in [-0.2, 0) is 7.05 Å². The van der Waals surface area contributed by atoms with Gasteiger partial charge in [0.2, 0.25) is 0 Å². The SMILES string of the molecule is COc1ccc(-c2cnn(C)c2)cc1N. The van der Waals surface area contributed by atoms with E-state index in [2.05, 4.69) is 5.10 Å². The highest BCUT2D eigenvalue weighted by molar-refractivity contribution is 5.69. The average Bonchev–Trinajstić information content (AvgIpc) is 2.65. The molecule has 1 aromatic heterocycles. The van der Waals surface area contributed by atoms with E-state index in [9.17, 15) is 0 Å². The van der Waals surface area contributed by atoms with Crippen molar-refractivity contribution in [3.05, 3.63) is 30.6 Å². The molecular weight excluding hydrogens is 190 g/mol. The molecule has 15 heavy (non-hydrogen) atoms. The molecule has 4 heteroatoms. The fraction of sp³-hybridized carbons (Fsp3) is 0.182. The third kappa shape index (κ3) is 1.79. The number of anilines is 1. The zero-order valence-electron chi connectivity index (χ0n) is 8.77. The molecule has 0 spiro atoms. The number of methoxy groups -OCH3 is 1. The lowest BCUT2D eigenvalue weighted by Gasteiger charge is -2.05. The molecule has 0 bridgehead atoms.